The summed E-state index contributed by atoms with van der Waals surface area (Å²) in [4.78, 5) is 14.8. The number of carbonyl (C=O) groups excluding carboxylic acids is 1. The zero-order chi connectivity index (χ0) is 31.7. The van der Waals surface area contributed by atoms with Gasteiger partial charge in [-0.05, 0) is 63.2 Å². The molecule has 0 saturated heterocycles. The van der Waals surface area contributed by atoms with Gasteiger partial charge in [-0.2, -0.15) is 4.31 Å². The fraction of sp³-hybridized carbons (Fsp3) is 0.429. The Balaban J connectivity index is 1.69. The van der Waals surface area contributed by atoms with Crippen LogP contribution in [0.1, 0.15) is 30.9 Å². The highest BCUT2D eigenvalue weighted by Gasteiger charge is 2.35. The zero-order valence-electron chi connectivity index (χ0n) is 24.4. The minimum atomic E-state index is -4.07. The van der Waals surface area contributed by atoms with E-state index < -0.39 is 38.0 Å². The number of fused-ring (bicyclic) bond motifs is 1. The van der Waals surface area contributed by atoms with E-state index in [4.69, 9.17) is 9.26 Å². The van der Waals surface area contributed by atoms with E-state index >= 15 is 0 Å². The lowest BCUT2D eigenvalue weighted by Crippen LogP contribution is -2.48. The van der Waals surface area contributed by atoms with Gasteiger partial charge >= 0.3 is 0 Å². The molecular weight excluding hydrogens is 603 g/mol. The molecule has 0 unspecified atom stereocenters. The highest BCUT2D eigenvalue weighted by Crippen LogP contribution is 2.31. The molecule has 0 fully saturated rings. The van der Waals surface area contributed by atoms with Crippen molar-refractivity contribution in [3.63, 3.8) is 0 Å². The van der Waals surface area contributed by atoms with E-state index in [0.717, 1.165) is 28.6 Å². The maximum atomic E-state index is 13.5. The fourth-order valence-electron chi connectivity index (χ4n) is 4.89. The van der Waals surface area contributed by atoms with Gasteiger partial charge in [0.25, 0.3) is 10.0 Å². The number of aryl methyl sites for hydroxylation is 2. The van der Waals surface area contributed by atoms with Crippen molar-refractivity contribution in [2.45, 2.75) is 56.1 Å². The SMILES string of the molecule is Cc1noc(C)c1S(=O)(=O)N(C)C[C@@H]1Oc2ccc(NS(=O)(=O)c3ccc(F)cc3)cc2CC(=O)N([C@@H](C)CO)C[C@H]1C. The van der Waals surface area contributed by atoms with Crippen LogP contribution in [0.25, 0.3) is 0 Å². The lowest BCUT2D eigenvalue weighted by molar-refractivity contribution is -0.134. The number of nitrogens with zero attached hydrogens (tertiary/aromatic N) is 3. The van der Waals surface area contributed by atoms with Crippen LogP contribution >= 0.6 is 0 Å². The third-order valence-electron chi connectivity index (χ3n) is 7.37. The van der Waals surface area contributed by atoms with E-state index in [2.05, 4.69) is 9.88 Å². The highest BCUT2D eigenvalue weighted by atomic mass is 32.2. The largest absolute Gasteiger partial charge is 0.488 e. The third kappa shape index (κ3) is 7.00. The number of aliphatic hydroxyl groups excluding tert-OH is 1. The molecule has 15 heteroatoms. The monoisotopic (exact) mass is 638 g/mol. The Kier molecular flexibility index (Phi) is 9.49. The van der Waals surface area contributed by atoms with Gasteiger partial charge in [0.2, 0.25) is 15.9 Å². The van der Waals surface area contributed by atoms with Gasteiger partial charge in [-0.25, -0.2) is 21.2 Å². The number of amides is 1. The van der Waals surface area contributed by atoms with Gasteiger partial charge in [-0.1, -0.05) is 12.1 Å². The standard InChI is InChI=1S/C28H35FN4O8S2/c1-17-14-33(18(2)16-34)27(35)13-21-12-23(31-42(36,37)24-9-6-22(29)7-10-24)8-11-25(21)40-26(17)15-32(5)43(38,39)28-19(3)30-41-20(28)4/h6-12,17-18,26,31,34H,13-16H2,1-5H3/t17-,18+,26+/m1/s1. The Morgan fingerprint density at radius 3 is 2.44 bits per heavy atom. The summed E-state index contributed by atoms with van der Waals surface area (Å²) in [6.45, 7) is 6.34. The van der Waals surface area contributed by atoms with Gasteiger partial charge in [-0.3, -0.25) is 9.52 Å². The van der Waals surface area contributed by atoms with Gasteiger partial charge in [-0.15, -0.1) is 0 Å². The van der Waals surface area contributed by atoms with Crippen LogP contribution < -0.4 is 9.46 Å². The number of nitrogens with one attached hydrogen (secondary N) is 1. The first kappa shape index (κ1) is 32.4. The number of ether oxygens (including phenoxy) is 1. The number of hydrogen-bond acceptors (Lipinski definition) is 9. The molecule has 1 aliphatic rings. The summed E-state index contributed by atoms with van der Waals surface area (Å²) in [7, 11) is -6.67. The van der Waals surface area contributed by atoms with E-state index in [1.807, 2.05) is 6.92 Å². The number of anilines is 1. The second-order valence-corrected chi connectivity index (χ2v) is 14.4. The topological polar surface area (TPSA) is 159 Å². The molecule has 12 nitrogen and oxygen atoms in total. The molecule has 0 aliphatic carbocycles. The minimum absolute atomic E-state index is 0.0325. The molecule has 43 heavy (non-hydrogen) atoms. The van der Waals surface area contributed by atoms with Crippen molar-refractivity contribution in [3.8, 4) is 5.75 Å². The molecule has 1 amide bonds. The Morgan fingerprint density at radius 2 is 1.84 bits per heavy atom. The average Bonchev–Trinajstić information content (AvgIpc) is 3.31. The van der Waals surface area contributed by atoms with Crippen molar-refractivity contribution < 1.29 is 40.4 Å². The predicted octanol–water partition coefficient (Wildman–Crippen LogP) is 2.70. The van der Waals surface area contributed by atoms with Crippen molar-refractivity contribution in [1.29, 1.82) is 0 Å². The van der Waals surface area contributed by atoms with Gasteiger partial charge < -0.3 is 19.3 Å². The number of hydrogen-bond donors (Lipinski definition) is 2. The van der Waals surface area contributed by atoms with Crippen molar-refractivity contribution >= 4 is 31.6 Å². The number of rotatable bonds is 9. The fourth-order valence-corrected chi connectivity index (χ4v) is 7.40. The van der Waals surface area contributed by atoms with Crippen LogP contribution in [0.3, 0.4) is 0 Å². The Hall–Kier alpha value is -3.53. The summed E-state index contributed by atoms with van der Waals surface area (Å²) in [6.07, 6.45) is -0.918. The maximum Gasteiger partial charge on any atom is 0.261 e. The maximum absolute atomic E-state index is 13.5. The van der Waals surface area contributed by atoms with Gasteiger partial charge in [0.1, 0.15) is 28.3 Å². The lowest BCUT2D eigenvalue weighted by atomic mass is 10.0. The molecule has 2 N–H and O–H groups in total. The van der Waals surface area contributed by atoms with E-state index in [-0.39, 0.29) is 70.6 Å². The molecule has 2 heterocycles. The summed E-state index contributed by atoms with van der Waals surface area (Å²) in [6, 6.07) is 8.23. The number of carbonyl (C=O) groups is 1. The van der Waals surface area contributed by atoms with Crippen molar-refractivity contribution in [1.82, 2.24) is 14.4 Å². The molecule has 1 aliphatic heterocycles. The zero-order valence-corrected chi connectivity index (χ0v) is 26.1. The minimum Gasteiger partial charge on any atom is -0.488 e. The predicted molar refractivity (Wildman–Crippen MR) is 155 cm³/mol. The molecule has 0 bridgehead atoms. The molecule has 0 radical (unpaired) electrons. The van der Waals surface area contributed by atoms with Crippen LogP contribution in [0.15, 0.2) is 56.8 Å². The summed E-state index contributed by atoms with van der Waals surface area (Å²) >= 11 is 0. The average molecular weight is 639 g/mol. The number of benzene rings is 2. The first-order valence-electron chi connectivity index (χ1n) is 13.5. The number of aromatic nitrogens is 1. The molecular formula is C28H35FN4O8S2. The molecule has 3 atom stereocenters. The molecule has 3 aromatic rings. The number of halogens is 1. The molecule has 2 aromatic carbocycles. The van der Waals surface area contributed by atoms with E-state index in [1.54, 1.807) is 6.92 Å². The van der Waals surface area contributed by atoms with Crippen LogP contribution in [0, 0.1) is 25.6 Å². The molecule has 234 valence electrons. The summed E-state index contributed by atoms with van der Waals surface area (Å²) in [5.41, 5.74) is 0.722. The summed E-state index contributed by atoms with van der Waals surface area (Å²) in [5.74, 6) is -0.863. The Labute approximate surface area is 250 Å². The van der Waals surface area contributed by atoms with Crippen molar-refractivity contribution in [3.05, 3.63) is 65.3 Å². The quantitative estimate of drug-likeness (QED) is 0.359. The lowest BCUT2D eigenvalue weighted by Gasteiger charge is -2.33. The number of aliphatic hydroxyl groups is 1. The molecule has 4 rings (SSSR count). The van der Waals surface area contributed by atoms with Crippen molar-refractivity contribution in [2.24, 2.45) is 5.92 Å². The molecule has 1 aromatic heterocycles. The van der Waals surface area contributed by atoms with E-state index in [1.165, 1.54) is 44.0 Å². The number of sulfonamides is 2. The van der Waals surface area contributed by atoms with Crippen LogP contribution in [0.4, 0.5) is 10.1 Å². The van der Waals surface area contributed by atoms with Gasteiger partial charge in [0.05, 0.1) is 30.5 Å². The second kappa shape index (κ2) is 12.6. The summed E-state index contributed by atoms with van der Waals surface area (Å²) < 4.78 is 81.1. The van der Waals surface area contributed by atoms with Crippen LogP contribution in [0.5, 0.6) is 5.75 Å². The first-order valence-corrected chi connectivity index (χ1v) is 16.4. The Bertz CT molecular complexity index is 1670. The van der Waals surface area contributed by atoms with Gasteiger partial charge in [0, 0.05) is 30.8 Å². The highest BCUT2D eigenvalue weighted by molar-refractivity contribution is 7.92. The normalized spacial score (nSPS) is 18.8. The summed E-state index contributed by atoms with van der Waals surface area (Å²) in [5, 5.41) is 13.6. The first-order chi connectivity index (χ1) is 20.1. The molecule has 0 spiro atoms. The van der Waals surface area contributed by atoms with Crippen LogP contribution in [-0.2, 0) is 31.3 Å². The Morgan fingerprint density at radius 1 is 1.16 bits per heavy atom. The third-order valence-corrected chi connectivity index (χ3v) is 10.8. The second-order valence-electron chi connectivity index (χ2n) is 10.7. The van der Waals surface area contributed by atoms with Gasteiger partial charge in [0.15, 0.2) is 5.76 Å². The van der Waals surface area contributed by atoms with Crippen LogP contribution in [0.2, 0.25) is 0 Å². The molecule has 0 saturated carbocycles. The number of likely N-dealkylation sites (N-methyl/N-ethyl adjacent to an activating group) is 1. The van der Waals surface area contributed by atoms with Crippen molar-refractivity contribution in [2.75, 3.05) is 31.5 Å². The smallest absolute Gasteiger partial charge is 0.261 e. The van der Waals surface area contributed by atoms with Crippen LogP contribution in [-0.4, -0.2) is 81.1 Å². The van der Waals surface area contributed by atoms with E-state index in [0.29, 0.717) is 5.56 Å². The van der Waals surface area contributed by atoms with E-state index in [9.17, 15) is 31.1 Å².